The first kappa shape index (κ1) is 15.0. The number of hydrogen-bond donors (Lipinski definition) is 2. The molecule has 0 atom stereocenters. The van der Waals surface area contributed by atoms with Crippen LogP contribution in [-0.2, 0) is 16.6 Å². The summed E-state index contributed by atoms with van der Waals surface area (Å²) in [5.74, 6) is 0. The minimum absolute atomic E-state index is 0.259. The van der Waals surface area contributed by atoms with Crippen LogP contribution in [0, 0.1) is 0 Å². The van der Waals surface area contributed by atoms with E-state index in [1.165, 1.54) is 11.3 Å². The molecule has 1 aromatic carbocycles. The van der Waals surface area contributed by atoms with Crippen molar-refractivity contribution in [2.75, 3.05) is 11.9 Å². The molecule has 0 saturated heterocycles. The van der Waals surface area contributed by atoms with E-state index in [0.29, 0.717) is 5.69 Å². The normalized spacial score (nSPS) is 11.4. The van der Waals surface area contributed by atoms with Gasteiger partial charge in [0, 0.05) is 24.2 Å². The second kappa shape index (κ2) is 6.83. The molecule has 108 valence electrons. The molecule has 0 bridgehead atoms. The smallest absolute Gasteiger partial charge is 0.242 e. The molecule has 0 fully saturated rings. The maximum absolute atomic E-state index is 12.3. The van der Waals surface area contributed by atoms with Crippen LogP contribution in [0.2, 0.25) is 0 Å². The van der Waals surface area contributed by atoms with E-state index in [1.807, 2.05) is 13.0 Å². The fourth-order valence-corrected chi connectivity index (χ4v) is 3.49. The third kappa shape index (κ3) is 3.78. The van der Waals surface area contributed by atoms with Crippen molar-refractivity contribution in [2.24, 2.45) is 0 Å². The van der Waals surface area contributed by atoms with Crippen molar-refractivity contribution in [1.29, 1.82) is 0 Å². The van der Waals surface area contributed by atoms with Crippen LogP contribution in [0.15, 0.2) is 40.9 Å². The predicted octanol–water partition coefficient (Wildman–Crippen LogP) is 2.44. The Balaban J connectivity index is 2.16. The van der Waals surface area contributed by atoms with Crippen molar-refractivity contribution >= 4 is 27.0 Å². The molecule has 2 rings (SSSR count). The SMILES string of the molecule is CCCNc1ccccc1S(=O)(=O)NCc1cncs1. The summed E-state index contributed by atoms with van der Waals surface area (Å²) < 4.78 is 27.3. The fourth-order valence-electron chi connectivity index (χ4n) is 1.68. The Kier molecular flexibility index (Phi) is 5.11. The summed E-state index contributed by atoms with van der Waals surface area (Å²) in [7, 11) is -3.53. The molecule has 0 saturated carbocycles. The fraction of sp³-hybridized carbons (Fsp3) is 0.308. The Morgan fingerprint density at radius 1 is 1.30 bits per heavy atom. The minimum atomic E-state index is -3.53. The van der Waals surface area contributed by atoms with Gasteiger partial charge in [0.05, 0.1) is 11.2 Å². The van der Waals surface area contributed by atoms with Crippen LogP contribution in [0.1, 0.15) is 18.2 Å². The van der Waals surface area contributed by atoms with Crippen LogP contribution >= 0.6 is 11.3 Å². The van der Waals surface area contributed by atoms with Gasteiger partial charge in [-0.1, -0.05) is 19.1 Å². The predicted molar refractivity (Wildman–Crippen MR) is 81.4 cm³/mol. The lowest BCUT2D eigenvalue weighted by molar-refractivity contribution is 0.582. The summed E-state index contributed by atoms with van der Waals surface area (Å²) in [6, 6.07) is 6.92. The molecular formula is C13H17N3O2S2. The van der Waals surface area contributed by atoms with E-state index in [1.54, 1.807) is 29.9 Å². The van der Waals surface area contributed by atoms with E-state index in [4.69, 9.17) is 0 Å². The first-order valence-electron chi connectivity index (χ1n) is 6.33. The molecule has 0 unspecified atom stereocenters. The van der Waals surface area contributed by atoms with Crippen molar-refractivity contribution in [3.05, 3.63) is 40.8 Å². The van der Waals surface area contributed by atoms with E-state index in [9.17, 15) is 8.42 Å². The van der Waals surface area contributed by atoms with Gasteiger partial charge in [-0.2, -0.15) is 0 Å². The highest BCUT2D eigenvalue weighted by molar-refractivity contribution is 7.89. The average molecular weight is 311 g/mol. The van der Waals surface area contributed by atoms with Gasteiger partial charge in [-0.05, 0) is 18.6 Å². The molecule has 20 heavy (non-hydrogen) atoms. The third-order valence-corrected chi connectivity index (χ3v) is 4.90. The summed E-state index contributed by atoms with van der Waals surface area (Å²) in [5, 5.41) is 3.13. The van der Waals surface area contributed by atoms with Gasteiger partial charge in [0.25, 0.3) is 0 Å². The molecule has 0 amide bonds. The van der Waals surface area contributed by atoms with E-state index in [0.717, 1.165) is 17.8 Å². The average Bonchev–Trinajstić information content (AvgIpc) is 2.97. The number of benzene rings is 1. The van der Waals surface area contributed by atoms with Gasteiger partial charge in [0.2, 0.25) is 10.0 Å². The monoisotopic (exact) mass is 311 g/mol. The molecule has 0 radical (unpaired) electrons. The highest BCUT2D eigenvalue weighted by Gasteiger charge is 2.17. The Morgan fingerprint density at radius 2 is 2.10 bits per heavy atom. The third-order valence-electron chi connectivity index (χ3n) is 2.66. The van der Waals surface area contributed by atoms with Crippen molar-refractivity contribution in [2.45, 2.75) is 24.8 Å². The van der Waals surface area contributed by atoms with Crippen LogP contribution in [0.3, 0.4) is 0 Å². The van der Waals surface area contributed by atoms with Crippen molar-refractivity contribution in [3.8, 4) is 0 Å². The quantitative estimate of drug-likeness (QED) is 0.824. The van der Waals surface area contributed by atoms with Gasteiger partial charge in [-0.25, -0.2) is 13.1 Å². The van der Waals surface area contributed by atoms with Gasteiger partial charge in [0.1, 0.15) is 4.90 Å². The Labute approximate surface area is 123 Å². The molecule has 0 spiro atoms. The molecule has 0 aliphatic heterocycles. The van der Waals surface area contributed by atoms with Crippen LogP contribution in [-0.4, -0.2) is 19.9 Å². The summed E-state index contributed by atoms with van der Waals surface area (Å²) in [6.45, 7) is 3.03. The van der Waals surface area contributed by atoms with E-state index < -0.39 is 10.0 Å². The maximum atomic E-state index is 12.3. The van der Waals surface area contributed by atoms with Crippen molar-refractivity contribution in [1.82, 2.24) is 9.71 Å². The number of sulfonamides is 1. The molecule has 0 aliphatic carbocycles. The van der Waals surface area contributed by atoms with Gasteiger partial charge >= 0.3 is 0 Å². The summed E-state index contributed by atoms with van der Waals surface area (Å²) in [6.07, 6.45) is 2.59. The highest BCUT2D eigenvalue weighted by Crippen LogP contribution is 2.21. The topological polar surface area (TPSA) is 71.1 Å². The lowest BCUT2D eigenvalue weighted by Gasteiger charge is -2.12. The maximum Gasteiger partial charge on any atom is 0.242 e. The summed E-state index contributed by atoms with van der Waals surface area (Å²) >= 11 is 1.42. The number of para-hydroxylation sites is 1. The number of hydrogen-bond acceptors (Lipinski definition) is 5. The first-order valence-corrected chi connectivity index (χ1v) is 8.69. The van der Waals surface area contributed by atoms with E-state index in [2.05, 4.69) is 15.0 Å². The first-order chi connectivity index (χ1) is 9.63. The van der Waals surface area contributed by atoms with Crippen molar-refractivity contribution < 1.29 is 8.42 Å². The lowest BCUT2D eigenvalue weighted by atomic mass is 10.3. The van der Waals surface area contributed by atoms with E-state index in [-0.39, 0.29) is 11.4 Å². The standard InChI is InChI=1S/C13H17N3O2S2/c1-2-7-15-12-5-3-4-6-13(12)20(17,18)16-9-11-8-14-10-19-11/h3-6,8,10,15-16H,2,7,9H2,1H3. The number of aromatic nitrogens is 1. The molecule has 1 heterocycles. The van der Waals surface area contributed by atoms with Crippen molar-refractivity contribution in [3.63, 3.8) is 0 Å². The second-order valence-corrected chi connectivity index (χ2v) is 6.92. The highest BCUT2D eigenvalue weighted by atomic mass is 32.2. The van der Waals surface area contributed by atoms with Gasteiger partial charge < -0.3 is 5.32 Å². The zero-order valence-electron chi connectivity index (χ0n) is 11.2. The van der Waals surface area contributed by atoms with Gasteiger partial charge in [0.15, 0.2) is 0 Å². The lowest BCUT2D eigenvalue weighted by Crippen LogP contribution is -2.24. The molecule has 5 nitrogen and oxygen atoms in total. The molecule has 1 aromatic heterocycles. The molecular weight excluding hydrogens is 294 g/mol. The number of nitrogens with zero attached hydrogens (tertiary/aromatic N) is 1. The molecule has 7 heteroatoms. The largest absolute Gasteiger partial charge is 0.384 e. The van der Waals surface area contributed by atoms with Crippen LogP contribution in [0.4, 0.5) is 5.69 Å². The Morgan fingerprint density at radius 3 is 2.80 bits per heavy atom. The zero-order valence-corrected chi connectivity index (χ0v) is 12.8. The number of rotatable bonds is 7. The summed E-state index contributed by atoms with van der Waals surface area (Å²) in [5.41, 5.74) is 2.31. The second-order valence-electron chi connectivity index (χ2n) is 4.22. The van der Waals surface area contributed by atoms with Crippen LogP contribution < -0.4 is 10.0 Å². The number of nitrogens with one attached hydrogen (secondary N) is 2. The van der Waals surface area contributed by atoms with Crippen LogP contribution in [0.5, 0.6) is 0 Å². The Hall–Kier alpha value is -1.44. The summed E-state index contributed by atoms with van der Waals surface area (Å²) in [4.78, 5) is 5.08. The molecule has 2 aromatic rings. The van der Waals surface area contributed by atoms with Gasteiger partial charge in [-0.3, -0.25) is 4.98 Å². The van der Waals surface area contributed by atoms with Crippen LogP contribution in [0.25, 0.3) is 0 Å². The van der Waals surface area contributed by atoms with Gasteiger partial charge in [-0.15, -0.1) is 11.3 Å². The number of anilines is 1. The zero-order chi connectivity index (χ0) is 14.4. The molecule has 0 aliphatic rings. The number of thiazole rings is 1. The molecule has 2 N–H and O–H groups in total. The Bertz CT molecular complexity index is 639. The van der Waals surface area contributed by atoms with E-state index >= 15 is 0 Å². The minimum Gasteiger partial charge on any atom is -0.384 e.